The highest BCUT2D eigenvalue weighted by Crippen LogP contribution is 2.43. The van der Waals surface area contributed by atoms with E-state index in [0.29, 0.717) is 18.8 Å². The number of aliphatic hydroxyl groups excluding tert-OH is 1. The molecule has 1 fully saturated rings. The van der Waals surface area contributed by atoms with Crippen LogP contribution in [-0.2, 0) is 12.8 Å². The van der Waals surface area contributed by atoms with E-state index in [2.05, 4.69) is 12.2 Å². The molecule has 2 aromatic rings. The monoisotopic (exact) mass is 443 g/mol. The first kappa shape index (κ1) is 21.8. The van der Waals surface area contributed by atoms with Crippen molar-refractivity contribution in [3.05, 3.63) is 52.1 Å². The van der Waals surface area contributed by atoms with E-state index >= 15 is 0 Å². The molecule has 2 aromatic carbocycles. The highest BCUT2D eigenvalue weighted by atomic mass is 32.2. The average molecular weight is 444 g/mol. The number of carbonyl (C=O) groups excluding carboxylic acids is 1. The number of aliphatic hydroxyl groups is 1. The second-order valence-corrected chi connectivity index (χ2v) is 9.96. The Labute approximate surface area is 187 Å². The van der Waals surface area contributed by atoms with Gasteiger partial charge in [-0.3, -0.25) is 4.79 Å². The molecule has 2 heterocycles. The largest absolute Gasteiger partial charge is 0.507 e. The van der Waals surface area contributed by atoms with Gasteiger partial charge in [-0.15, -0.1) is 0 Å². The number of benzene rings is 2. The predicted octanol–water partition coefficient (Wildman–Crippen LogP) is 4.17. The highest BCUT2D eigenvalue weighted by Gasteiger charge is 2.35. The number of rotatable bonds is 5. The molecule has 2 aliphatic heterocycles. The zero-order chi connectivity index (χ0) is 22.3. The summed E-state index contributed by atoms with van der Waals surface area (Å²) in [5, 5.41) is 22.4. The molecule has 31 heavy (non-hydrogen) atoms. The molecule has 4 rings (SSSR count). The second-order valence-electron chi connectivity index (χ2n) is 8.75. The van der Waals surface area contributed by atoms with Crippen LogP contribution in [0.3, 0.4) is 0 Å². The molecule has 0 aliphatic carbocycles. The van der Waals surface area contributed by atoms with E-state index in [9.17, 15) is 15.0 Å². The van der Waals surface area contributed by atoms with Crippen molar-refractivity contribution in [3.8, 4) is 17.2 Å². The van der Waals surface area contributed by atoms with Gasteiger partial charge < -0.3 is 25.0 Å². The molecule has 7 heteroatoms. The third kappa shape index (κ3) is 4.34. The normalized spacial score (nSPS) is 25.0. The van der Waals surface area contributed by atoms with Crippen LogP contribution in [0.4, 0.5) is 4.79 Å². The molecular formula is C24H29NO5S. The zero-order valence-electron chi connectivity index (χ0n) is 18.3. The number of phenolic OH excluding ortho intramolecular Hbond substituents is 1. The van der Waals surface area contributed by atoms with Crippen molar-refractivity contribution in [3.63, 3.8) is 0 Å². The summed E-state index contributed by atoms with van der Waals surface area (Å²) in [5.74, 6) is 1.99. The van der Waals surface area contributed by atoms with Crippen LogP contribution in [0.5, 0.6) is 17.2 Å². The molecule has 6 nitrogen and oxygen atoms in total. The lowest BCUT2D eigenvalue weighted by Crippen LogP contribution is -2.42. The Hall–Kier alpha value is -2.38. The van der Waals surface area contributed by atoms with E-state index in [1.807, 2.05) is 45.0 Å². The van der Waals surface area contributed by atoms with Crippen molar-refractivity contribution >= 4 is 17.0 Å². The number of ether oxygens (including phenoxy) is 2. The lowest BCUT2D eigenvalue weighted by Gasteiger charge is -2.37. The molecule has 0 aromatic heterocycles. The highest BCUT2D eigenvalue weighted by molar-refractivity contribution is 8.14. The van der Waals surface area contributed by atoms with Crippen molar-refractivity contribution in [2.24, 2.45) is 0 Å². The first-order valence-corrected chi connectivity index (χ1v) is 11.4. The van der Waals surface area contributed by atoms with Crippen LogP contribution >= 0.6 is 11.8 Å². The number of carbonyl (C=O) groups is 1. The Bertz CT molecular complexity index is 1010. The van der Waals surface area contributed by atoms with Gasteiger partial charge in [0.05, 0.1) is 5.25 Å². The summed E-state index contributed by atoms with van der Waals surface area (Å²) < 4.78 is 12.5. The lowest BCUT2D eigenvalue weighted by atomic mass is 9.87. The van der Waals surface area contributed by atoms with Gasteiger partial charge in [-0.25, -0.2) is 0 Å². The van der Waals surface area contributed by atoms with Crippen LogP contribution in [0, 0.1) is 20.8 Å². The fourth-order valence-corrected chi connectivity index (χ4v) is 5.13. The van der Waals surface area contributed by atoms with Crippen molar-refractivity contribution in [1.82, 2.24) is 5.32 Å². The maximum atomic E-state index is 11.4. The number of aromatic hydroxyl groups is 1. The van der Waals surface area contributed by atoms with Crippen LogP contribution in [0.1, 0.15) is 41.2 Å². The third-order valence-electron chi connectivity index (χ3n) is 6.37. The van der Waals surface area contributed by atoms with Crippen LogP contribution in [0.2, 0.25) is 0 Å². The Morgan fingerprint density at radius 2 is 1.90 bits per heavy atom. The van der Waals surface area contributed by atoms with Gasteiger partial charge in [-0.05, 0) is 81.3 Å². The van der Waals surface area contributed by atoms with E-state index in [1.54, 1.807) is 0 Å². The standard InChI is InChI=1S/C24H29NO5S/c1-13-14(2)21-18(15(3)20(13)26)9-10-24(4,30-21)12-29-17-7-5-16(6-8-17)11-19-22(27)25-23(28)31-19/h5-8,19,22,26-27H,9-12H2,1-4H3,(H,25,28). The smallest absolute Gasteiger partial charge is 0.281 e. The molecule has 166 valence electrons. The number of nitrogens with one attached hydrogen (secondary N) is 1. The average Bonchev–Trinajstić information content (AvgIpc) is 3.06. The van der Waals surface area contributed by atoms with Gasteiger partial charge in [0.15, 0.2) is 0 Å². The second kappa shape index (κ2) is 8.28. The SMILES string of the molecule is Cc1c(C)c2c(c(C)c1O)CCC(C)(COc1ccc(CC3SC(=O)NC3O)cc1)O2. The van der Waals surface area contributed by atoms with E-state index in [0.717, 1.165) is 63.9 Å². The lowest BCUT2D eigenvalue weighted by molar-refractivity contribution is 0.0166. The summed E-state index contributed by atoms with van der Waals surface area (Å²) >= 11 is 1.14. The van der Waals surface area contributed by atoms with Crippen molar-refractivity contribution in [2.75, 3.05) is 6.61 Å². The summed E-state index contributed by atoms with van der Waals surface area (Å²) in [6.07, 6.45) is 1.44. The van der Waals surface area contributed by atoms with Crippen LogP contribution in [0.15, 0.2) is 24.3 Å². The quantitative estimate of drug-likeness (QED) is 0.643. The molecule has 1 saturated heterocycles. The van der Waals surface area contributed by atoms with Crippen molar-refractivity contribution in [2.45, 2.75) is 64.0 Å². The Morgan fingerprint density at radius 1 is 1.19 bits per heavy atom. The van der Waals surface area contributed by atoms with Gasteiger partial charge in [0.25, 0.3) is 5.24 Å². The van der Waals surface area contributed by atoms with Crippen LogP contribution in [0.25, 0.3) is 0 Å². The van der Waals surface area contributed by atoms with Crippen LogP contribution in [-0.4, -0.2) is 39.1 Å². The Balaban J connectivity index is 1.40. The molecule has 2 aliphatic rings. The molecule has 3 unspecified atom stereocenters. The summed E-state index contributed by atoms with van der Waals surface area (Å²) in [6.45, 7) is 8.32. The van der Waals surface area contributed by atoms with E-state index in [1.165, 1.54) is 0 Å². The van der Waals surface area contributed by atoms with Gasteiger partial charge in [-0.2, -0.15) is 0 Å². The number of phenols is 1. The number of hydrogen-bond donors (Lipinski definition) is 3. The van der Waals surface area contributed by atoms with E-state index in [-0.39, 0.29) is 10.5 Å². The maximum absolute atomic E-state index is 11.4. The molecule has 3 atom stereocenters. The molecule has 0 spiro atoms. The minimum atomic E-state index is -0.808. The minimum Gasteiger partial charge on any atom is -0.507 e. The first-order chi connectivity index (χ1) is 14.7. The summed E-state index contributed by atoms with van der Waals surface area (Å²) in [7, 11) is 0. The van der Waals surface area contributed by atoms with Gasteiger partial charge in [0.2, 0.25) is 0 Å². The zero-order valence-corrected chi connectivity index (χ0v) is 19.1. The van der Waals surface area contributed by atoms with Gasteiger partial charge in [-0.1, -0.05) is 23.9 Å². The number of hydrogen-bond acceptors (Lipinski definition) is 6. The fourth-order valence-electron chi connectivity index (χ4n) is 4.19. The molecule has 0 saturated carbocycles. The predicted molar refractivity (Wildman–Crippen MR) is 121 cm³/mol. The summed E-state index contributed by atoms with van der Waals surface area (Å²) in [4.78, 5) is 11.4. The molecule has 0 bridgehead atoms. The number of thioether (sulfide) groups is 1. The first-order valence-electron chi connectivity index (χ1n) is 10.5. The van der Waals surface area contributed by atoms with E-state index < -0.39 is 11.8 Å². The fraction of sp³-hybridized carbons (Fsp3) is 0.458. The summed E-state index contributed by atoms with van der Waals surface area (Å²) in [6, 6.07) is 7.75. The topological polar surface area (TPSA) is 88.0 Å². The Morgan fingerprint density at radius 3 is 2.55 bits per heavy atom. The molecule has 3 N–H and O–H groups in total. The van der Waals surface area contributed by atoms with Gasteiger partial charge >= 0.3 is 0 Å². The Kier molecular flexibility index (Phi) is 5.83. The number of fused-ring (bicyclic) bond motifs is 1. The van der Waals surface area contributed by atoms with Crippen LogP contribution < -0.4 is 14.8 Å². The third-order valence-corrected chi connectivity index (χ3v) is 7.43. The van der Waals surface area contributed by atoms with Crippen molar-refractivity contribution < 1.29 is 24.5 Å². The molecule has 0 radical (unpaired) electrons. The van der Waals surface area contributed by atoms with Crippen molar-refractivity contribution in [1.29, 1.82) is 0 Å². The number of amides is 1. The summed E-state index contributed by atoms with van der Waals surface area (Å²) in [5.41, 5.74) is 4.41. The molecular weight excluding hydrogens is 414 g/mol. The molecule has 1 amide bonds. The minimum absolute atomic E-state index is 0.177. The maximum Gasteiger partial charge on any atom is 0.281 e. The van der Waals surface area contributed by atoms with E-state index in [4.69, 9.17) is 9.47 Å². The van der Waals surface area contributed by atoms with Gasteiger partial charge in [0.1, 0.15) is 35.7 Å². The van der Waals surface area contributed by atoms with Gasteiger partial charge in [0, 0.05) is 5.56 Å².